The van der Waals surface area contributed by atoms with Gasteiger partial charge in [0.1, 0.15) is 0 Å². The third kappa shape index (κ3) is 2.51. The lowest BCUT2D eigenvalue weighted by atomic mass is 10.2. The highest BCUT2D eigenvalue weighted by Gasteiger charge is 2.58. The van der Waals surface area contributed by atoms with Crippen LogP contribution in [0.3, 0.4) is 0 Å². The topological polar surface area (TPSA) is 61.6 Å². The van der Waals surface area contributed by atoms with Crippen LogP contribution in [0.25, 0.3) is 0 Å². The molecule has 0 fully saturated rings. The third-order valence-corrected chi connectivity index (χ3v) is 3.20. The second-order valence-electron chi connectivity index (χ2n) is 3.99. The van der Waals surface area contributed by atoms with Gasteiger partial charge in [-0.1, -0.05) is 0 Å². The van der Waals surface area contributed by atoms with Crippen LogP contribution in [0.15, 0.2) is 16.6 Å². The standard InChI is InChI=1S/C10H6BrF4NO4/c11-5-1-7-8(2-6(5)16(17)18)20-4-10(14,15)9(12,13)3-19-7/h1-2H,3-4H2. The maximum Gasteiger partial charge on any atom is 0.346 e. The number of fused-ring (bicyclic) bond motifs is 1. The highest BCUT2D eigenvalue weighted by molar-refractivity contribution is 9.10. The van der Waals surface area contributed by atoms with Crippen LogP contribution in [0.4, 0.5) is 23.2 Å². The van der Waals surface area contributed by atoms with Gasteiger partial charge in [-0.25, -0.2) is 0 Å². The number of ether oxygens (including phenoxy) is 2. The Hall–Kier alpha value is -1.58. The molecule has 0 N–H and O–H groups in total. The fourth-order valence-corrected chi connectivity index (χ4v) is 1.91. The first-order valence-electron chi connectivity index (χ1n) is 5.13. The van der Waals surface area contributed by atoms with E-state index >= 15 is 0 Å². The van der Waals surface area contributed by atoms with Gasteiger partial charge >= 0.3 is 11.8 Å². The highest BCUT2D eigenvalue weighted by atomic mass is 79.9. The number of benzene rings is 1. The molecule has 0 aliphatic carbocycles. The van der Waals surface area contributed by atoms with E-state index in [1.807, 2.05) is 0 Å². The normalized spacial score (nSPS) is 19.9. The predicted molar refractivity (Wildman–Crippen MR) is 61.7 cm³/mol. The Bertz CT molecular complexity index is 566. The van der Waals surface area contributed by atoms with E-state index in [2.05, 4.69) is 25.4 Å². The second kappa shape index (κ2) is 4.76. The first-order chi connectivity index (χ1) is 9.14. The Balaban J connectivity index is 2.43. The molecule has 0 atom stereocenters. The maximum atomic E-state index is 13.2. The molecule has 20 heavy (non-hydrogen) atoms. The molecule has 1 aromatic carbocycles. The number of hydrogen-bond donors (Lipinski definition) is 0. The molecule has 110 valence electrons. The minimum absolute atomic E-state index is 0.0412. The summed E-state index contributed by atoms with van der Waals surface area (Å²) < 4.78 is 61.7. The molecule has 1 aromatic rings. The molecule has 1 aliphatic rings. The maximum absolute atomic E-state index is 13.2. The zero-order valence-electron chi connectivity index (χ0n) is 9.54. The zero-order valence-corrected chi connectivity index (χ0v) is 11.1. The number of hydrogen-bond acceptors (Lipinski definition) is 4. The van der Waals surface area contributed by atoms with E-state index in [1.54, 1.807) is 0 Å². The molecule has 0 spiro atoms. The van der Waals surface area contributed by atoms with E-state index in [0.29, 0.717) is 0 Å². The van der Waals surface area contributed by atoms with Crippen molar-refractivity contribution < 1.29 is 32.0 Å². The van der Waals surface area contributed by atoms with Gasteiger partial charge in [-0.05, 0) is 15.9 Å². The van der Waals surface area contributed by atoms with Crippen molar-refractivity contribution in [3.8, 4) is 11.5 Å². The molecule has 10 heteroatoms. The quantitative estimate of drug-likeness (QED) is 0.438. The third-order valence-electron chi connectivity index (χ3n) is 2.56. The molecule has 1 heterocycles. The van der Waals surface area contributed by atoms with E-state index in [0.717, 1.165) is 12.1 Å². The van der Waals surface area contributed by atoms with E-state index in [-0.39, 0.29) is 10.2 Å². The first-order valence-corrected chi connectivity index (χ1v) is 5.92. The van der Waals surface area contributed by atoms with E-state index < -0.39 is 41.4 Å². The smallest absolute Gasteiger partial charge is 0.346 e. The zero-order chi connectivity index (χ0) is 15.1. The molecule has 0 aromatic heterocycles. The second-order valence-corrected chi connectivity index (χ2v) is 4.85. The summed E-state index contributed by atoms with van der Waals surface area (Å²) >= 11 is 2.86. The summed E-state index contributed by atoms with van der Waals surface area (Å²) in [6.45, 7) is -3.16. The van der Waals surface area contributed by atoms with Crippen LogP contribution in [-0.2, 0) is 0 Å². The average Bonchev–Trinajstić information content (AvgIpc) is 2.33. The molecule has 0 saturated heterocycles. The van der Waals surface area contributed by atoms with E-state index in [4.69, 9.17) is 0 Å². The van der Waals surface area contributed by atoms with Crippen LogP contribution in [0.1, 0.15) is 0 Å². The van der Waals surface area contributed by atoms with Gasteiger partial charge < -0.3 is 9.47 Å². The van der Waals surface area contributed by atoms with Crippen LogP contribution in [0.2, 0.25) is 0 Å². The molecule has 0 unspecified atom stereocenters. The minimum Gasteiger partial charge on any atom is -0.483 e. The van der Waals surface area contributed by atoms with Crippen molar-refractivity contribution in [2.75, 3.05) is 13.2 Å². The molecule has 0 bridgehead atoms. The van der Waals surface area contributed by atoms with Crippen molar-refractivity contribution in [1.82, 2.24) is 0 Å². The lowest BCUT2D eigenvalue weighted by molar-refractivity contribution is -0.385. The molecular weight excluding hydrogens is 354 g/mol. The Morgan fingerprint density at radius 3 is 2.00 bits per heavy atom. The van der Waals surface area contributed by atoms with Gasteiger partial charge in [-0.2, -0.15) is 17.6 Å². The van der Waals surface area contributed by atoms with E-state index in [1.165, 1.54) is 0 Å². The summed E-state index contributed by atoms with van der Waals surface area (Å²) in [5, 5.41) is 10.7. The number of halogens is 5. The van der Waals surface area contributed by atoms with Crippen molar-refractivity contribution in [2.45, 2.75) is 11.8 Å². The van der Waals surface area contributed by atoms with Gasteiger partial charge in [0.25, 0.3) is 5.69 Å². The lowest BCUT2D eigenvalue weighted by Gasteiger charge is -2.29. The number of alkyl halides is 4. The summed E-state index contributed by atoms with van der Waals surface area (Å²) in [4.78, 5) is 9.92. The van der Waals surface area contributed by atoms with Gasteiger partial charge in [0.15, 0.2) is 24.7 Å². The Morgan fingerprint density at radius 2 is 1.55 bits per heavy atom. The van der Waals surface area contributed by atoms with Crippen LogP contribution in [0.5, 0.6) is 11.5 Å². The van der Waals surface area contributed by atoms with Crippen molar-refractivity contribution in [3.05, 3.63) is 26.7 Å². The number of rotatable bonds is 1. The minimum atomic E-state index is -4.44. The van der Waals surface area contributed by atoms with Gasteiger partial charge in [0, 0.05) is 6.07 Å². The molecule has 0 amide bonds. The van der Waals surface area contributed by atoms with Crippen LogP contribution < -0.4 is 9.47 Å². The SMILES string of the molecule is O=[N+]([O-])c1cc2c(cc1Br)OCC(F)(F)C(F)(F)CO2. The summed E-state index contributed by atoms with van der Waals surface area (Å²) in [6, 6.07) is 1.85. The fourth-order valence-electron chi connectivity index (χ4n) is 1.44. The van der Waals surface area contributed by atoms with Crippen LogP contribution in [-0.4, -0.2) is 30.0 Å². The van der Waals surface area contributed by atoms with Gasteiger partial charge in [0.05, 0.1) is 15.5 Å². The summed E-state index contributed by atoms with van der Waals surface area (Å²) in [5.74, 6) is -9.52. The van der Waals surface area contributed by atoms with Crippen molar-refractivity contribution >= 4 is 21.6 Å². The first kappa shape index (κ1) is 14.8. The van der Waals surface area contributed by atoms with Crippen LogP contribution >= 0.6 is 15.9 Å². The highest BCUT2D eigenvalue weighted by Crippen LogP contribution is 2.43. The predicted octanol–water partition coefficient (Wildman–Crippen LogP) is 3.40. The van der Waals surface area contributed by atoms with Gasteiger partial charge in [0.2, 0.25) is 0 Å². The summed E-state index contributed by atoms with van der Waals surface area (Å²) in [6.07, 6.45) is 0. The number of nitro groups is 1. The van der Waals surface area contributed by atoms with Gasteiger partial charge in [-0.3, -0.25) is 10.1 Å². The average molecular weight is 360 g/mol. The van der Waals surface area contributed by atoms with E-state index in [9.17, 15) is 27.7 Å². The van der Waals surface area contributed by atoms with Crippen molar-refractivity contribution in [3.63, 3.8) is 0 Å². The largest absolute Gasteiger partial charge is 0.483 e. The molecule has 1 aliphatic heterocycles. The Kier molecular flexibility index (Phi) is 3.53. The number of nitro benzene ring substituents is 1. The van der Waals surface area contributed by atoms with Crippen LogP contribution in [0, 0.1) is 10.1 Å². The van der Waals surface area contributed by atoms with Crippen molar-refractivity contribution in [2.24, 2.45) is 0 Å². The lowest BCUT2D eigenvalue weighted by Crippen LogP contribution is -2.50. The summed E-state index contributed by atoms with van der Waals surface area (Å²) in [7, 11) is 0. The molecular formula is C10H6BrF4NO4. The molecule has 5 nitrogen and oxygen atoms in total. The molecule has 0 saturated carbocycles. The summed E-state index contributed by atoms with van der Waals surface area (Å²) in [5.41, 5.74) is -0.456. The number of nitrogens with zero attached hydrogens (tertiary/aromatic N) is 1. The molecule has 2 rings (SSSR count). The Morgan fingerprint density at radius 1 is 1.10 bits per heavy atom. The fraction of sp³-hybridized carbons (Fsp3) is 0.400. The van der Waals surface area contributed by atoms with Gasteiger partial charge in [-0.15, -0.1) is 0 Å². The van der Waals surface area contributed by atoms with Crippen molar-refractivity contribution in [1.29, 1.82) is 0 Å². The monoisotopic (exact) mass is 359 g/mol. The Labute approximate surface area is 117 Å². The molecule has 0 radical (unpaired) electrons.